The molecule has 8 heteroatoms. The Morgan fingerprint density at radius 3 is 2.39 bits per heavy atom. The number of nitrogens with one attached hydrogen (secondary N) is 1. The molecule has 0 atom stereocenters. The van der Waals surface area contributed by atoms with Gasteiger partial charge in [0.05, 0.1) is 18.2 Å². The smallest absolute Gasteiger partial charge is 0.414 e. The molecule has 0 spiro atoms. The molecule has 0 amide bonds. The van der Waals surface area contributed by atoms with E-state index < -0.39 is 11.9 Å². The number of ether oxygens (including phenoxy) is 1. The van der Waals surface area contributed by atoms with Crippen molar-refractivity contribution in [2.24, 2.45) is 0 Å². The largest absolute Gasteiger partial charge is 0.492 e. The zero-order chi connectivity index (χ0) is 17.7. The average Bonchev–Trinajstić information content (AvgIpc) is 2.50. The van der Waals surface area contributed by atoms with E-state index in [1.54, 1.807) is 0 Å². The summed E-state index contributed by atoms with van der Waals surface area (Å²) in [5.74, 6) is -2.89. The maximum absolute atomic E-state index is 9.10. The Morgan fingerprint density at radius 2 is 1.83 bits per heavy atom. The lowest BCUT2D eigenvalue weighted by Gasteiger charge is -2.09. The number of benzene rings is 1. The van der Waals surface area contributed by atoms with Gasteiger partial charge in [-0.1, -0.05) is 17.7 Å². The number of aliphatic carboxylic acids is 2. The lowest BCUT2D eigenvalue weighted by atomic mass is 10.2. The summed E-state index contributed by atoms with van der Waals surface area (Å²) in [6, 6.07) is 5.77. The highest BCUT2D eigenvalue weighted by molar-refractivity contribution is 6.32. The molecule has 1 aromatic carbocycles. The number of aryl methyl sites for hydroxylation is 1. The van der Waals surface area contributed by atoms with E-state index in [9.17, 15) is 0 Å². The Kier molecular flexibility index (Phi) is 11.7. The minimum absolute atomic E-state index is 0.190. The van der Waals surface area contributed by atoms with Gasteiger partial charge in [-0.3, -0.25) is 0 Å². The summed E-state index contributed by atoms with van der Waals surface area (Å²) in [6.07, 6.45) is 2.01. The van der Waals surface area contributed by atoms with Crippen LogP contribution in [-0.2, 0) is 9.59 Å². The predicted octanol–water partition coefficient (Wildman–Crippen LogP) is 1.54. The van der Waals surface area contributed by atoms with E-state index >= 15 is 0 Å². The van der Waals surface area contributed by atoms with E-state index in [-0.39, 0.29) is 6.61 Å². The molecule has 1 rings (SSSR count). The molecule has 130 valence electrons. The van der Waals surface area contributed by atoms with Crippen LogP contribution in [0.25, 0.3) is 0 Å². The van der Waals surface area contributed by atoms with Crippen LogP contribution in [0.5, 0.6) is 5.75 Å². The fraction of sp³-hybridized carbons (Fsp3) is 0.467. The first-order chi connectivity index (χ1) is 10.9. The molecule has 0 aromatic heterocycles. The number of carboxylic acids is 2. The van der Waals surface area contributed by atoms with Crippen LogP contribution in [-0.4, -0.2) is 53.6 Å². The Bertz CT molecular complexity index is 483. The topological polar surface area (TPSA) is 116 Å². The molecule has 0 heterocycles. The van der Waals surface area contributed by atoms with Gasteiger partial charge in [-0.15, -0.1) is 0 Å². The number of carbonyl (C=O) groups is 2. The third kappa shape index (κ3) is 11.4. The number of rotatable bonds is 8. The first-order valence-corrected chi connectivity index (χ1v) is 7.43. The van der Waals surface area contributed by atoms with Crippen molar-refractivity contribution >= 4 is 23.5 Å². The highest BCUT2D eigenvalue weighted by Crippen LogP contribution is 2.25. The van der Waals surface area contributed by atoms with Gasteiger partial charge in [0.2, 0.25) is 0 Å². The van der Waals surface area contributed by atoms with Crippen LogP contribution in [0, 0.1) is 6.92 Å². The van der Waals surface area contributed by atoms with E-state index in [4.69, 9.17) is 41.2 Å². The summed E-state index contributed by atoms with van der Waals surface area (Å²) in [6.45, 7) is 4.44. The maximum atomic E-state index is 9.10. The molecule has 0 unspecified atom stereocenters. The molecule has 23 heavy (non-hydrogen) atoms. The summed E-state index contributed by atoms with van der Waals surface area (Å²) in [4.78, 5) is 18.2. The molecule has 0 radical (unpaired) electrons. The van der Waals surface area contributed by atoms with Crippen LogP contribution < -0.4 is 10.1 Å². The summed E-state index contributed by atoms with van der Waals surface area (Å²) in [7, 11) is 0. The van der Waals surface area contributed by atoms with Crippen LogP contribution >= 0.6 is 11.6 Å². The minimum atomic E-state index is -1.82. The molecule has 0 aliphatic carbocycles. The van der Waals surface area contributed by atoms with Crippen LogP contribution in [0.4, 0.5) is 0 Å². The van der Waals surface area contributed by atoms with Crippen molar-refractivity contribution < 1.29 is 29.6 Å². The van der Waals surface area contributed by atoms with Gasteiger partial charge in [0.1, 0.15) is 5.75 Å². The van der Waals surface area contributed by atoms with Crippen molar-refractivity contribution in [2.45, 2.75) is 19.8 Å². The summed E-state index contributed by atoms with van der Waals surface area (Å²) in [5.41, 5.74) is 1.15. The molecule has 0 fully saturated rings. The number of carboxylic acid groups (broad SMARTS) is 2. The SMILES string of the molecule is Cc1ccc(Cl)c(OCCCCNCCO)c1.O=C(O)C(=O)O. The van der Waals surface area contributed by atoms with Gasteiger partial charge in [-0.2, -0.15) is 0 Å². The Hall–Kier alpha value is -1.83. The van der Waals surface area contributed by atoms with Gasteiger partial charge in [0, 0.05) is 6.54 Å². The van der Waals surface area contributed by atoms with Gasteiger partial charge in [0.25, 0.3) is 0 Å². The molecular weight excluding hydrogens is 326 g/mol. The maximum Gasteiger partial charge on any atom is 0.414 e. The summed E-state index contributed by atoms with van der Waals surface area (Å²) >= 11 is 6.01. The monoisotopic (exact) mass is 347 g/mol. The molecular formula is C15H22ClNO6. The highest BCUT2D eigenvalue weighted by Gasteiger charge is 2.04. The van der Waals surface area contributed by atoms with E-state index in [0.29, 0.717) is 18.2 Å². The number of hydrogen-bond donors (Lipinski definition) is 4. The van der Waals surface area contributed by atoms with Gasteiger partial charge in [0.15, 0.2) is 0 Å². The van der Waals surface area contributed by atoms with Crippen LogP contribution in [0.15, 0.2) is 18.2 Å². The average molecular weight is 348 g/mol. The highest BCUT2D eigenvalue weighted by atomic mass is 35.5. The molecule has 1 aromatic rings. The predicted molar refractivity (Wildman–Crippen MR) is 86.1 cm³/mol. The number of halogens is 1. The second-order valence-electron chi connectivity index (χ2n) is 4.57. The van der Waals surface area contributed by atoms with Gasteiger partial charge in [-0.05, 0) is 44.0 Å². The van der Waals surface area contributed by atoms with Crippen molar-refractivity contribution in [1.82, 2.24) is 5.32 Å². The lowest BCUT2D eigenvalue weighted by molar-refractivity contribution is -0.159. The standard InChI is InChI=1S/C13H20ClNO2.C2H2O4/c1-11-4-5-12(14)13(10-11)17-9-3-2-6-15-7-8-16;3-1(4)2(5)6/h4-5,10,15-16H,2-3,6-9H2,1H3;(H,3,4)(H,5,6). The molecule has 0 bridgehead atoms. The van der Waals surface area contributed by atoms with Gasteiger partial charge < -0.3 is 25.4 Å². The van der Waals surface area contributed by atoms with Crippen LogP contribution in [0.2, 0.25) is 5.02 Å². The minimum Gasteiger partial charge on any atom is -0.492 e. The Balaban J connectivity index is 0.000000688. The zero-order valence-electron chi connectivity index (χ0n) is 12.9. The molecule has 0 saturated carbocycles. The van der Waals surface area contributed by atoms with Crippen LogP contribution in [0.3, 0.4) is 0 Å². The third-order valence-corrected chi connectivity index (χ3v) is 2.88. The number of aliphatic hydroxyl groups excluding tert-OH is 1. The third-order valence-electron chi connectivity index (χ3n) is 2.56. The molecule has 0 aliphatic heterocycles. The molecule has 0 saturated heterocycles. The van der Waals surface area contributed by atoms with E-state index in [1.807, 2.05) is 25.1 Å². The lowest BCUT2D eigenvalue weighted by Crippen LogP contribution is -2.19. The Morgan fingerprint density at radius 1 is 1.17 bits per heavy atom. The number of unbranched alkanes of at least 4 members (excludes halogenated alkanes) is 1. The zero-order valence-corrected chi connectivity index (χ0v) is 13.7. The number of hydrogen-bond acceptors (Lipinski definition) is 5. The normalized spacial score (nSPS) is 9.70. The molecule has 4 N–H and O–H groups in total. The quantitative estimate of drug-likeness (QED) is 0.416. The van der Waals surface area contributed by atoms with Gasteiger partial charge >= 0.3 is 11.9 Å². The van der Waals surface area contributed by atoms with Crippen LogP contribution in [0.1, 0.15) is 18.4 Å². The summed E-state index contributed by atoms with van der Waals surface area (Å²) in [5, 5.41) is 27.1. The Labute approximate surface area is 139 Å². The molecule has 7 nitrogen and oxygen atoms in total. The second-order valence-corrected chi connectivity index (χ2v) is 4.98. The van der Waals surface area contributed by atoms with E-state index in [2.05, 4.69) is 5.32 Å². The van der Waals surface area contributed by atoms with Crippen molar-refractivity contribution in [3.63, 3.8) is 0 Å². The second kappa shape index (κ2) is 12.7. The fourth-order valence-corrected chi connectivity index (χ4v) is 1.63. The first kappa shape index (κ1) is 21.2. The van der Waals surface area contributed by atoms with Gasteiger partial charge in [-0.25, -0.2) is 9.59 Å². The van der Waals surface area contributed by atoms with Crippen molar-refractivity contribution in [1.29, 1.82) is 0 Å². The van der Waals surface area contributed by atoms with Crippen molar-refractivity contribution in [3.8, 4) is 5.75 Å². The van der Waals surface area contributed by atoms with Crippen molar-refractivity contribution in [3.05, 3.63) is 28.8 Å². The number of aliphatic hydroxyl groups is 1. The van der Waals surface area contributed by atoms with E-state index in [0.717, 1.165) is 30.7 Å². The fourth-order valence-electron chi connectivity index (χ4n) is 1.46. The summed E-state index contributed by atoms with van der Waals surface area (Å²) < 4.78 is 5.62. The first-order valence-electron chi connectivity index (χ1n) is 7.05. The van der Waals surface area contributed by atoms with E-state index in [1.165, 1.54) is 0 Å². The molecule has 0 aliphatic rings. The van der Waals surface area contributed by atoms with Crippen molar-refractivity contribution in [2.75, 3.05) is 26.3 Å².